The van der Waals surface area contributed by atoms with Gasteiger partial charge in [0.05, 0.1) is 0 Å². The van der Waals surface area contributed by atoms with Crippen LogP contribution in [0.1, 0.15) is 12.8 Å². The van der Waals surface area contributed by atoms with Crippen molar-refractivity contribution in [1.82, 2.24) is 15.1 Å². The lowest BCUT2D eigenvalue weighted by molar-refractivity contribution is -0.127. The van der Waals surface area contributed by atoms with Crippen LogP contribution in [-0.2, 0) is 9.53 Å². The second-order valence-electron chi connectivity index (χ2n) is 6.22. The summed E-state index contributed by atoms with van der Waals surface area (Å²) >= 11 is 0. The van der Waals surface area contributed by atoms with Crippen LogP contribution in [0, 0.1) is 11.8 Å². The van der Waals surface area contributed by atoms with E-state index in [0.29, 0.717) is 18.4 Å². The Bertz CT molecular complexity index is 416. The second-order valence-corrected chi connectivity index (χ2v) is 6.22. The molecule has 0 aromatic rings. The zero-order valence-corrected chi connectivity index (χ0v) is 13.8. The number of amides is 1. The van der Waals surface area contributed by atoms with Gasteiger partial charge in [-0.05, 0) is 24.7 Å². The first kappa shape index (κ1) is 16.8. The molecule has 2 unspecified atom stereocenters. The van der Waals surface area contributed by atoms with Crippen LogP contribution in [0.4, 0.5) is 0 Å². The third-order valence-electron chi connectivity index (χ3n) is 4.42. The van der Waals surface area contributed by atoms with Crippen molar-refractivity contribution in [2.75, 3.05) is 53.5 Å². The van der Waals surface area contributed by atoms with Gasteiger partial charge in [-0.1, -0.05) is 6.08 Å². The van der Waals surface area contributed by atoms with E-state index in [1.54, 1.807) is 19.0 Å². The molecule has 0 aromatic carbocycles. The Morgan fingerprint density at radius 1 is 1.45 bits per heavy atom. The van der Waals surface area contributed by atoms with Crippen molar-refractivity contribution >= 4 is 11.9 Å². The number of hydrogen-bond donors (Lipinski definition) is 1. The summed E-state index contributed by atoms with van der Waals surface area (Å²) in [6.45, 7) is 8.34. The van der Waals surface area contributed by atoms with Crippen LogP contribution >= 0.6 is 0 Å². The van der Waals surface area contributed by atoms with Crippen LogP contribution in [-0.4, -0.2) is 75.2 Å². The fourth-order valence-electron chi connectivity index (χ4n) is 3.00. The molecule has 1 amide bonds. The lowest BCUT2D eigenvalue weighted by atomic mass is 9.91. The summed E-state index contributed by atoms with van der Waals surface area (Å²) in [4.78, 5) is 20.1. The summed E-state index contributed by atoms with van der Waals surface area (Å²) in [6, 6.07) is 0. The smallest absolute Gasteiger partial charge is 0.243 e. The molecule has 2 atom stereocenters. The quantitative estimate of drug-likeness (QED) is 0.458. The Morgan fingerprint density at radius 2 is 2.27 bits per heavy atom. The van der Waals surface area contributed by atoms with E-state index >= 15 is 0 Å². The SMILES string of the molecule is C=CCNC(=NCC(=O)N(C)C)N1CCC(C2CCOC2)C1. The summed E-state index contributed by atoms with van der Waals surface area (Å²) in [5.41, 5.74) is 0. The number of carbonyl (C=O) groups excluding carboxylic acids is 1. The monoisotopic (exact) mass is 308 g/mol. The summed E-state index contributed by atoms with van der Waals surface area (Å²) < 4.78 is 5.51. The van der Waals surface area contributed by atoms with Gasteiger partial charge in [0, 0.05) is 46.9 Å². The number of nitrogens with one attached hydrogen (secondary N) is 1. The average molecular weight is 308 g/mol. The molecule has 2 rings (SSSR count). The van der Waals surface area contributed by atoms with Crippen molar-refractivity contribution in [3.63, 3.8) is 0 Å². The van der Waals surface area contributed by atoms with Crippen molar-refractivity contribution in [1.29, 1.82) is 0 Å². The number of aliphatic imine (C=N–C) groups is 1. The topological polar surface area (TPSA) is 57.2 Å². The average Bonchev–Trinajstić information content (AvgIpc) is 3.17. The molecule has 0 aromatic heterocycles. The minimum atomic E-state index is 0.0119. The number of nitrogens with zero attached hydrogens (tertiary/aromatic N) is 3. The number of guanidine groups is 1. The normalized spacial score (nSPS) is 25.4. The van der Waals surface area contributed by atoms with Crippen molar-refractivity contribution < 1.29 is 9.53 Å². The molecule has 2 heterocycles. The molecular weight excluding hydrogens is 280 g/mol. The molecule has 124 valence electrons. The van der Waals surface area contributed by atoms with Crippen LogP contribution in [0.3, 0.4) is 0 Å². The van der Waals surface area contributed by atoms with Gasteiger partial charge in [-0.25, -0.2) is 4.99 Å². The molecule has 2 fully saturated rings. The molecule has 0 radical (unpaired) electrons. The van der Waals surface area contributed by atoms with Gasteiger partial charge >= 0.3 is 0 Å². The van der Waals surface area contributed by atoms with Crippen molar-refractivity contribution in [3.8, 4) is 0 Å². The molecule has 0 spiro atoms. The van der Waals surface area contributed by atoms with Crippen LogP contribution in [0.25, 0.3) is 0 Å². The highest BCUT2D eigenvalue weighted by atomic mass is 16.5. The number of rotatable bonds is 5. The molecule has 2 saturated heterocycles. The minimum absolute atomic E-state index is 0.0119. The Labute approximate surface area is 133 Å². The Balaban J connectivity index is 1.94. The molecule has 6 heteroatoms. The Kier molecular flexibility index (Phi) is 6.24. The second kappa shape index (κ2) is 8.17. The molecule has 6 nitrogen and oxygen atoms in total. The highest BCUT2D eigenvalue weighted by Gasteiger charge is 2.33. The summed E-state index contributed by atoms with van der Waals surface area (Å²) in [7, 11) is 3.50. The molecular formula is C16H28N4O2. The van der Waals surface area contributed by atoms with Gasteiger partial charge in [-0.3, -0.25) is 4.79 Å². The summed E-state index contributed by atoms with van der Waals surface area (Å²) in [5, 5.41) is 3.27. The van der Waals surface area contributed by atoms with Gasteiger partial charge in [0.15, 0.2) is 5.96 Å². The minimum Gasteiger partial charge on any atom is -0.381 e. The number of likely N-dealkylation sites (tertiary alicyclic amines) is 1. The largest absolute Gasteiger partial charge is 0.381 e. The van der Waals surface area contributed by atoms with Crippen LogP contribution in [0.15, 0.2) is 17.6 Å². The first-order valence-electron chi connectivity index (χ1n) is 8.04. The Morgan fingerprint density at radius 3 is 2.91 bits per heavy atom. The van der Waals surface area contributed by atoms with Gasteiger partial charge in [0.2, 0.25) is 5.91 Å². The predicted octanol–water partition coefficient (Wildman–Crippen LogP) is 0.565. The highest BCUT2D eigenvalue weighted by molar-refractivity contribution is 5.85. The van der Waals surface area contributed by atoms with Crippen LogP contribution < -0.4 is 5.32 Å². The van der Waals surface area contributed by atoms with Crippen molar-refractivity contribution in [2.24, 2.45) is 16.8 Å². The number of likely N-dealkylation sites (N-methyl/N-ethyl adjacent to an activating group) is 1. The lowest BCUT2D eigenvalue weighted by Gasteiger charge is -2.23. The van der Waals surface area contributed by atoms with E-state index in [9.17, 15) is 4.79 Å². The fraction of sp³-hybridized carbons (Fsp3) is 0.750. The maximum absolute atomic E-state index is 11.7. The third kappa shape index (κ3) is 4.47. The molecule has 0 bridgehead atoms. The molecule has 2 aliphatic rings. The zero-order chi connectivity index (χ0) is 15.9. The lowest BCUT2D eigenvalue weighted by Crippen LogP contribution is -2.41. The van der Waals surface area contributed by atoms with E-state index in [-0.39, 0.29) is 12.5 Å². The van der Waals surface area contributed by atoms with Gasteiger partial charge in [0.25, 0.3) is 0 Å². The van der Waals surface area contributed by atoms with Crippen LogP contribution in [0.5, 0.6) is 0 Å². The standard InChI is InChI=1S/C16H28N4O2/c1-4-7-17-16(18-10-15(21)19(2)3)20-8-5-13(11-20)14-6-9-22-12-14/h4,13-14H,1,5-12H2,2-3H3,(H,17,18). The first-order valence-corrected chi connectivity index (χ1v) is 8.04. The van der Waals surface area contributed by atoms with E-state index in [1.807, 2.05) is 6.08 Å². The maximum Gasteiger partial charge on any atom is 0.243 e. The zero-order valence-electron chi connectivity index (χ0n) is 13.8. The van der Waals surface area contributed by atoms with Gasteiger partial charge < -0.3 is 19.9 Å². The van der Waals surface area contributed by atoms with Gasteiger partial charge in [-0.15, -0.1) is 6.58 Å². The Hall–Kier alpha value is -1.56. The predicted molar refractivity (Wildman–Crippen MR) is 87.8 cm³/mol. The van der Waals surface area contributed by atoms with Crippen LogP contribution in [0.2, 0.25) is 0 Å². The number of carbonyl (C=O) groups is 1. The number of ether oxygens (including phenoxy) is 1. The van der Waals surface area contributed by atoms with E-state index < -0.39 is 0 Å². The third-order valence-corrected chi connectivity index (χ3v) is 4.42. The molecule has 0 aliphatic carbocycles. The van der Waals surface area contributed by atoms with E-state index in [2.05, 4.69) is 21.8 Å². The molecule has 1 N–H and O–H groups in total. The summed E-state index contributed by atoms with van der Waals surface area (Å²) in [6.07, 6.45) is 4.15. The fourth-order valence-corrected chi connectivity index (χ4v) is 3.00. The van der Waals surface area contributed by atoms with E-state index in [0.717, 1.165) is 32.3 Å². The van der Waals surface area contributed by atoms with Gasteiger partial charge in [-0.2, -0.15) is 0 Å². The van der Waals surface area contributed by atoms with E-state index in [1.165, 1.54) is 12.8 Å². The molecule has 2 aliphatic heterocycles. The van der Waals surface area contributed by atoms with Gasteiger partial charge in [0.1, 0.15) is 6.54 Å². The van der Waals surface area contributed by atoms with E-state index in [4.69, 9.17) is 4.74 Å². The molecule has 0 saturated carbocycles. The van der Waals surface area contributed by atoms with Crippen molar-refractivity contribution in [2.45, 2.75) is 12.8 Å². The maximum atomic E-state index is 11.7. The highest BCUT2D eigenvalue weighted by Crippen LogP contribution is 2.29. The number of hydrogen-bond acceptors (Lipinski definition) is 3. The van der Waals surface area contributed by atoms with Crippen molar-refractivity contribution in [3.05, 3.63) is 12.7 Å². The summed E-state index contributed by atoms with van der Waals surface area (Å²) in [5.74, 6) is 2.17. The first-order chi connectivity index (χ1) is 10.6. The molecule has 22 heavy (non-hydrogen) atoms.